The fourth-order valence-electron chi connectivity index (χ4n) is 1.73. The molecule has 2 rings (SSSR count). The van der Waals surface area contributed by atoms with E-state index in [0.29, 0.717) is 11.9 Å². The Labute approximate surface area is 110 Å². The van der Waals surface area contributed by atoms with Gasteiger partial charge in [0.2, 0.25) is 0 Å². The van der Waals surface area contributed by atoms with E-state index in [1.54, 1.807) is 7.11 Å². The summed E-state index contributed by atoms with van der Waals surface area (Å²) in [5, 5.41) is 9.25. The number of nitrogens with zero attached hydrogens (tertiary/aromatic N) is 5. The zero-order chi connectivity index (χ0) is 13.1. The van der Waals surface area contributed by atoms with Crippen LogP contribution in [0.4, 0.5) is 0 Å². The van der Waals surface area contributed by atoms with Crippen LogP contribution in [0.15, 0.2) is 0 Å². The molecule has 0 bridgehead atoms. The maximum absolute atomic E-state index is 5.00. The molecule has 0 aliphatic rings. The zero-order valence-corrected chi connectivity index (χ0v) is 11.9. The minimum Gasteiger partial charge on any atom is -0.466 e. The maximum Gasteiger partial charge on any atom is 0.328 e. The molecule has 0 radical (unpaired) electrons. The van der Waals surface area contributed by atoms with Gasteiger partial charge in [-0.1, -0.05) is 20.8 Å². The lowest BCUT2D eigenvalue weighted by Gasteiger charge is -2.09. The number of rotatable bonds is 5. The second kappa shape index (κ2) is 5.43. The number of methoxy groups -OCH3 is 1. The fourth-order valence-corrected chi connectivity index (χ4v) is 2.36. The third-order valence-corrected chi connectivity index (χ3v) is 3.22. The summed E-state index contributed by atoms with van der Waals surface area (Å²) in [6, 6.07) is 0.382. The van der Waals surface area contributed by atoms with Crippen LogP contribution < -0.4 is 4.74 Å². The molecule has 2 heterocycles. The number of aromatic nitrogens is 5. The van der Waals surface area contributed by atoms with E-state index < -0.39 is 0 Å². The largest absolute Gasteiger partial charge is 0.466 e. The van der Waals surface area contributed by atoms with Crippen molar-refractivity contribution in [2.24, 2.45) is 0 Å². The SMILES string of the molecule is CCCn1c(-c2nc(OC)ns2)nnc1C(C)C. The van der Waals surface area contributed by atoms with Crippen molar-refractivity contribution in [3.8, 4) is 16.8 Å². The normalized spacial score (nSPS) is 11.2. The second-order valence-corrected chi connectivity index (χ2v) is 5.03. The van der Waals surface area contributed by atoms with E-state index >= 15 is 0 Å². The van der Waals surface area contributed by atoms with Crippen LogP contribution in [-0.2, 0) is 6.54 Å². The predicted molar refractivity (Wildman–Crippen MR) is 69.9 cm³/mol. The Bertz CT molecular complexity index is 519. The van der Waals surface area contributed by atoms with Gasteiger partial charge in [0, 0.05) is 12.5 Å². The lowest BCUT2D eigenvalue weighted by molar-refractivity contribution is 0.386. The van der Waals surface area contributed by atoms with Crippen molar-refractivity contribution in [1.29, 1.82) is 0 Å². The first kappa shape index (κ1) is 12.9. The highest BCUT2D eigenvalue weighted by Gasteiger charge is 2.18. The van der Waals surface area contributed by atoms with Gasteiger partial charge in [-0.3, -0.25) is 0 Å². The standard InChI is InChI=1S/C11H17N5OS/c1-5-6-16-8(7(2)3)13-14-9(16)10-12-11(17-4)15-18-10/h7H,5-6H2,1-4H3. The molecule has 0 saturated heterocycles. The van der Waals surface area contributed by atoms with E-state index in [0.717, 1.165) is 29.6 Å². The van der Waals surface area contributed by atoms with Crippen LogP contribution in [0.1, 0.15) is 38.9 Å². The van der Waals surface area contributed by atoms with Crippen LogP contribution in [0.5, 0.6) is 6.01 Å². The van der Waals surface area contributed by atoms with Gasteiger partial charge in [0.25, 0.3) is 0 Å². The first-order valence-corrected chi connectivity index (χ1v) is 6.75. The average Bonchev–Trinajstić information content (AvgIpc) is 2.94. The zero-order valence-electron chi connectivity index (χ0n) is 11.0. The van der Waals surface area contributed by atoms with Crippen LogP contribution in [0.25, 0.3) is 10.8 Å². The lowest BCUT2D eigenvalue weighted by atomic mass is 10.2. The third kappa shape index (κ3) is 2.35. The molecule has 0 aliphatic carbocycles. The highest BCUT2D eigenvalue weighted by atomic mass is 32.1. The molecule has 6 nitrogen and oxygen atoms in total. The Morgan fingerprint density at radius 2 is 2.11 bits per heavy atom. The molecule has 0 atom stereocenters. The highest BCUT2D eigenvalue weighted by molar-refractivity contribution is 7.09. The molecule has 0 aromatic carbocycles. The molecule has 7 heteroatoms. The maximum atomic E-state index is 5.00. The summed E-state index contributed by atoms with van der Waals surface area (Å²) in [6.07, 6.45) is 1.03. The van der Waals surface area contributed by atoms with Crippen LogP contribution >= 0.6 is 11.5 Å². The Hall–Kier alpha value is -1.50. The third-order valence-electron chi connectivity index (χ3n) is 2.52. The Morgan fingerprint density at radius 1 is 1.33 bits per heavy atom. The van der Waals surface area contributed by atoms with E-state index in [1.807, 2.05) is 0 Å². The van der Waals surface area contributed by atoms with Crippen molar-refractivity contribution in [2.45, 2.75) is 39.7 Å². The summed E-state index contributed by atoms with van der Waals surface area (Å²) < 4.78 is 11.2. The van der Waals surface area contributed by atoms with Gasteiger partial charge in [-0.15, -0.1) is 14.6 Å². The molecular formula is C11H17N5OS. The molecular weight excluding hydrogens is 250 g/mol. The molecule has 2 aromatic heterocycles. The van der Waals surface area contributed by atoms with Crippen molar-refractivity contribution in [2.75, 3.05) is 7.11 Å². The van der Waals surface area contributed by atoms with Gasteiger partial charge < -0.3 is 9.30 Å². The van der Waals surface area contributed by atoms with E-state index in [4.69, 9.17) is 4.74 Å². The Kier molecular flexibility index (Phi) is 3.90. The lowest BCUT2D eigenvalue weighted by Crippen LogP contribution is -2.06. The van der Waals surface area contributed by atoms with Gasteiger partial charge in [-0.2, -0.15) is 4.98 Å². The van der Waals surface area contributed by atoms with Crippen molar-refractivity contribution in [3.05, 3.63) is 5.82 Å². The Morgan fingerprint density at radius 3 is 2.67 bits per heavy atom. The van der Waals surface area contributed by atoms with Crippen LogP contribution in [-0.4, -0.2) is 31.2 Å². The molecule has 0 aliphatic heterocycles. The molecule has 2 aromatic rings. The first-order valence-electron chi connectivity index (χ1n) is 5.98. The average molecular weight is 267 g/mol. The highest BCUT2D eigenvalue weighted by Crippen LogP contribution is 2.25. The minimum absolute atomic E-state index is 0.340. The summed E-state index contributed by atoms with van der Waals surface area (Å²) in [5.41, 5.74) is 0. The fraction of sp³-hybridized carbons (Fsp3) is 0.636. The van der Waals surface area contributed by atoms with Gasteiger partial charge in [0.1, 0.15) is 5.82 Å². The first-order chi connectivity index (χ1) is 8.67. The molecule has 0 unspecified atom stereocenters. The van der Waals surface area contributed by atoms with E-state index in [1.165, 1.54) is 11.5 Å². The second-order valence-electron chi connectivity index (χ2n) is 4.27. The van der Waals surface area contributed by atoms with Gasteiger partial charge in [-0.05, 0) is 18.0 Å². The van der Waals surface area contributed by atoms with Crippen molar-refractivity contribution in [3.63, 3.8) is 0 Å². The molecule has 18 heavy (non-hydrogen) atoms. The molecule has 0 N–H and O–H groups in total. The van der Waals surface area contributed by atoms with Crippen molar-refractivity contribution >= 4 is 11.5 Å². The summed E-state index contributed by atoms with van der Waals surface area (Å²) in [7, 11) is 1.56. The number of hydrogen-bond acceptors (Lipinski definition) is 6. The van der Waals surface area contributed by atoms with Gasteiger partial charge >= 0.3 is 6.01 Å². The topological polar surface area (TPSA) is 65.7 Å². The van der Waals surface area contributed by atoms with Crippen molar-refractivity contribution in [1.82, 2.24) is 24.1 Å². The quantitative estimate of drug-likeness (QED) is 0.832. The molecule has 0 fully saturated rings. The summed E-state index contributed by atoms with van der Waals surface area (Å²) in [4.78, 5) is 4.28. The molecule has 0 saturated carbocycles. The smallest absolute Gasteiger partial charge is 0.328 e. The predicted octanol–water partition coefficient (Wildman–Crippen LogP) is 2.34. The monoisotopic (exact) mass is 267 g/mol. The van der Waals surface area contributed by atoms with E-state index in [2.05, 4.69) is 44.9 Å². The number of ether oxygens (including phenoxy) is 1. The van der Waals surface area contributed by atoms with Crippen LogP contribution in [0.2, 0.25) is 0 Å². The van der Waals surface area contributed by atoms with E-state index in [9.17, 15) is 0 Å². The van der Waals surface area contributed by atoms with E-state index in [-0.39, 0.29) is 0 Å². The summed E-state index contributed by atoms with van der Waals surface area (Å²) in [6.45, 7) is 7.24. The summed E-state index contributed by atoms with van der Waals surface area (Å²) >= 11 is 1.28. The van der Waals surface area contributed by atoms with Crippen molar-refractivity contribution < 1.29 is 4.74 Å². The van der Waals surface area contributed by atoms with Crippen LogP contribution in [0, 0.1) is 0 Å². The molecule has 0 amide bonds. The minimum atomic E-state index is 0.340. The molecule has 98 valence electrons. The van der Waals surface area contributed by atoms with Gasteiger partial charge in [-0.25, -0.2) is 0 Å². The summed E-state index contributed by atoms with van der Waals surface area (Å²) in [5.74, 6) is 2.11. The Balaban J connectivity index is 2.43. The van der Waals surface area contributed by atoms with Gasteiger partial charge in [0.05, 0.1) is 7.11 Å². The number of hydrogen-bond donors (Lipinski definition) is 0. The van der Waals surface area contributed by atoms with Gasteiger partial charge in [0.15, 0.2) is 10.8 Å². The van der Waals surface area contributed by atoms with Crippen LogP contribution in [0.3, 0.4) is 0 Å². The molecule has 0 spiro atoms.